The second-order valence-corrected chi connectivity index (χ2v) is 6.75. The second-order valence-electron chi connectivity index (χ2n) is 6.75. The molecular weight excluding hydrogens is 401 g/mol. The number of rotatable bonds is 10. The van der Waals surface area contributed by atoms with E-state index in [0.717, 1.165) is 6.42 Å². The monoisotopic (exact) mass is 432 g/mol. The molecule has 1 fully saturated rings. The number of hydrogen-bond donors (Lipinski definition) is 2. The summed E-state index contributed by atoms with van der Waals surface area (Å²) in [5.41, 5.74) is 0.0942. The highest BCUT2D eigenvalue weighted by molar-refractivity contribution is 5.79. The van der Waals surface area contributed by atoms with Crippen molar-refractivity contribution in [1.29, 1.82) is 0 Å². The third-order valence-electron chi connectivity index (χ3n) is 4.63. The van der Waals surface area contributed by atoms with Crippen molar-refractivity contribution in [3.05, 3.63) is 29.3 Å². The molecule has 1 aromatic rings. The molecule has 2 rings (SSSR count). The van der Waals surface area contributed by atoms with Gasteiger partial charge in [0.05, 0.1) is 32.0 Å². The zero-order valence-electron chi connectivity index (χ0n) is 17.6. The van der Waals surface area contributed by atoms with Gasteiger partial charge >= 0.3 is 6.18 Å². The van der Waals surface area contributed by atoms with Crippen LogP contribution in [0.1, 0.15) is 17.5 Å². The van der Waals surface area contributed by atoms with Crippen LogP contribution in [0, 0.1) is 0 Å². The van der Waals surface area contributed by atoms with Crippen LogP contribution in [0.15, 0.2) is 23.2 Å². The van der Waals surface area contributed by atoms with Crippen LogP contribution in [-0.2, 0) is 26.9 Å². The number of aliphatic imine (C=N–C) groups is 1. The van der Waals surface area contributed by atoms with Crippen LogP contribution < -0.4 is 15.5 Å². The number of guanidine groups is 1. The van der Waals surface area contributed by atoms with Gasteiger partial charge in [0.2, 0.25) is 0 Å². The van der Waals surface area contributed by atoms with Gasteiger partial charge in [-0.3, -0.25) is 4.99 Å². The van der Waals surface area contributed by atoms with Gasteiger partial charge in [-0.2, -0.15) is 13.2 Å². The van der Waals surface area contributed by atoms with Crippen LogP contribution in [0.3, 0.4) is 0 Å². The third kappa shape index (κ3) is 8.00. The lowest BCUT2D eigenvalue weighted by Crippen LogP contribution is -2.38. The molecule has 0 amide bonds. The molecule has 0 aliphatic carbocycles. The van der Waals surface area contributed by atoms with Crippen molar-refractivity contribution in [2.45, 2.75) is 19.1 Å². The van der Waals surface area contributed by atoms with Gasteiger partial charge in [-0.05, 0) is 24.1 Å². The molecule has 0 aromatic heterocycles. The number of halogens is 3. The Morgan fingerprint density at radius 1 is 1.17 bits per heavy atom. The number of morpholine rings is 1. The first-order valence-electron chi connectivity index (χ1n) is 9.99. The fourth-order valence-corrected chi connectivity index (χ4v) is 3.03. The molecule has 2 N–H and O–H groups in total. The lowest BCUT2D eigenvalue weighted by molar-refractivity contribution is -0.138. The molecule has 1 saturated heterocycles. The molecule has 1 aromatic carbocycles. The van der Waals surface area contributed by atoms with Crippen molar-refractivity contribution in [2.75, 3.05) is 71.7 Å². The predicted octanol–water partition coefficient (Wildman–Crippen LogP) is 2.26. The van der Waals surface area contributed by atoms with Gasteiger partial charge in [-0.25, -0.2) is 0 Å². The molecule has 1 aliphatic heterocycles. The fraction of sp³-hybridized carbons (Fsp3) is 0.650. The third-order valence-corrected chi connectivity index (χ3v) is 4.63. The summed E-state index contributed by atoms with van der Waals surface area (Å²) in [6, 6.07) is 4.47. The van der Waals surface area contributed by atoms with Gasteiger partial charge < -0.3 is 29.7 Å². The van der Waals surface area contributed by atoms with Crippen LogP contribution in [0.2, 0.25) is 0 Å². The molecular formula is C20H31F3N4O3. The SMILES string of the molecule is CN=C(NCCCOCCOC)NCc1ccc(N2CCOCC2)cc1C(F)(F)F. The van der Waals surface area contributed by atoms with E-state index < -0.39 is 11.7 Å². The summed E-state index contributed by atoms with van der Waals surface area (Å²) in [4.78, 5) is 5.97. The Balaban J connectivity index is 1.91. The predicted molar refractivity (Wildman–Crippen MR) is 110 cm³/mol. The number of nitrogens with zero attached hydrogens (tertiary/aromatic N) is 2. The Morgan fingerprint density at radius 2 is 1.93 bits per heavy atom. The highest BCUT2D eigenvalue weighted by Gasteiger charge is 2.34. The normalized spacial score (nSPS) is 15.4. The largest absolute Gasteiger partial charge is 0.416 e. The smallest absolute Gasteiger partial charge is 0.382 e. The number of nitrogens with one attached hydrogen (secondary N) is 2. The first-order valence-corrected chi connectivity index (χ1v) is 9.99. The van der Waals surface area contributed by atoms with Crippen LogP contribution in [0.4, 0.5) is 18.9 Å². The molecule has 0 unspecified atom stereocenters. The summed E-state index contributed by atoms with van der Waals surface area (Å²) in [7, 11) is 3.19. The number of hydrogen-bond acceptors (Lipinski definition) is 5. The van der Waals surface area contributed by atoms with E-state index in [-0.39, 0.29) is 12.1 Å². The van der Waals surface area contributed by atoms with Gasteiger partial charge in [0, 0.05) is 52.6 Å². The van der Waals surface area contributed by atoms with E-state index in [1.54, 1.807) is 20.2 Å². The Hall–Kier alpha value is -2.04. The minimum atomic E-state index is -4.43. The zero-order chi connectivity index (χ0) is 21.8. The Bertz CT molecular complexity index is 665. The zero-order valence-corrected chi connectivity index (χ0v) is 17.6. The molecule has 1 aliphatic rings. The average molecular weight is 432 g/mol. The van der Waals surface area contributed by atoms with E-state index in [1.165, 1.54) is 12.1 Å². The van der Waals surface area contributed by atoms with E-state index in [0.29, 0.717) is 64.3 Å². The van der Waals surface area contributed by atoms with E-state index in [2.05, 4.69) is 15.6 Å². The van der Waals surface area contributed by atoms with E-state index >= 15 is 0 Å². The van der Waals surface area contributed by atoms with Crippen molar-refractivity contribution in [1.82, 2.24) is 10.6 Å². The lowest BCUT2D eigenvalue weighted by atomic mass is 10.0. The summed E-state index contributed by atoms with van der Waals surface area (Å²) in [5.74, 6) is 0.442. The number of anilines is 1. The van der Waals surface area contributed by atoms with Gasteiger partial charge in [0.15, 0.2) is 5.96 Å². The average Bonchev–Trinajstić information content (AvgIpc) is 2.75. The first-order chi connectivity index (χ1) is 14.5. The van der Waals surface area contributed by atoms with Gasteiger partial charge in [0.1, 0.15) is 0 Å². The Labute approximate surface area is 175 Å². The molecule has 0 atom stereocenters. The van der Waals surface area contributed by atoms with Crippen molar-refractivity contribution in [3.8, 4) is 0 Å². The van der Waals surface area contributed by atoms with Crippen LogP contribution in [-0.4, -0.2) is 72.8 Å². The Morgan fingerprint density at radius 3 is 2.60 bits per heavy atom. The Kier molecular flexibility index (Phi) is 10.2. The summed E-state index contributed by atoms with van der Waals surface area (Å²) in [6.45, 7) is 4.45. The van der Waals surface area contributed by atoms with Crippen LogP contribution in [0.25, 0.3) is 0 Å². The fourth-order valence-electron chi connectivity index (χ4n) is 3.03. The number of methoxy groups -OCH3 is 1. The molecule has 0 spiro atoms. The maximum Gasteiger partial charge on any atom is 0.416 e. The molecule has 10 heteroatoms. The van der Waals surface area contributed by atoms with Crippen molar-refractivity contribution < 1.29 is 27.4 Å². The number of ether oxygens (including phenoxy) is 3. The first kappa shape index (κ1) is 24.2. The molecule has 0 saturated carbocycles. The van der Waals surface area contributed by atoms with Crippen molar-refractivity contribution in [3.63, 3.8) is 0 Å². The molecule has 30 heavy (non-hydrogen) atoms. The van der Waals surface area contributed by atoms with Crippen LogP contribution in [0.5, 0.6) is 0 Å². The lowest BCUT2D eigenvalue weighted by Gasteiger charge is -2.29. The van der Waals surface area contributed by atoms with Crippen molar-refractivity contribution >= 4 is 11.6 Å². The topological polar surface area (TPSA) is 67.4 Å². The summed E-state index contributed by atoms with van der Waals surface area (Å²) in [5, 5.41) is 6.03. The van der Waals surface area contributed by atoms with Crippen LogP contribution >= 0.6 is 0 Å². The summed E-state index contributed by atoms with van der Waals surface area (Å²) >= 11 is 0. The number of alkyl halides is 3. The van der Waals surface area contributed by atoms with E-state index in [4.69, 9.17) is 14.2 Å². The highest BCUT2D eigenvalue weighted by Crippen LogP contribution is 2.35. The second kappa shape index (κ2) is 12.6. The molecule has 0 bridgehead atoms. The summed E-state index contributed by atoms with van der Waals surface area (Å²) in [6.07, 6.45) is -3.69. The minimum absolute atomic E-state index is 0.0161. The van der Waals surface area contributed by atoms with Gasteiger partial charge in [0.25, 0.3) is 0 Å². The van der Waals surface area contributed by atoms with Crippen molar-refractivity contribution in [2.24, 2.45) is 4.99 Å². The van der Waals surface area contributed by atoms with E-state index in [9.17, 15) is 13.2 Å². The van der Waals surface area contributed by atoms with E-state index in [1.807, 2.05) is 4.90 Å². The summed E-state index contributed by atoms with van der Waals surface area (Å²) < 4.78 is 56.5. The minimum Gasteiger partial charge on any atom is -0.382 e. The maximum absolute atomic E-state index is 13.6. The highest BCUT2D eigenvalue weighted by atomic mass is 19.4. The molecule has 0 radical (unpaired) electrons. The van der Waals surface area contributed by atoms with Gasteiger partial charge in [-0.1, -0.05) is 6.07 Å². The molecule has 7 nitrogen and oxygen atoms in total. The standard InChI is InChI=1S/C20H31F3N4O3/c1-24-19(25-6-3-9-29-13-12-28-2)26-15-16-4-5-17(14-18(16)20(21,22)23)27-7-10-30-11-8-27/h4-5,14H,3,6-13,15H2,1-2H3,(H2,24,25,26). The quantitative estimate of drug-likeness (QED) is 0.336. The number of benzene rings is 1. The molecule has 1 heterocycles. The van der Waals surface area contributed by atoms with Gasteiger partial charge in [-0.15, -0.1) is 0 Å². The molecule has 170 valence electrons. The maximum atomic E-state index is 13.6.